The van der Waals surface area contributed by atoms with Gasteiger partial charge in [-0.15, -0.1) is 11.6 Å². The van der Waals surface area contributed by atoms with E-state index in [0.717, 1.165) is 0 Å². The van der Waals surface area contributed by atoms with Gasteiger partial charge in [-0.3, -0.25) is 4.98 Å². The van der Waals surface area contributed by atoms with E-state index >= 15 is 0 Å². The molecule has 1 aromatic carbocycles. The number of aromatic nitrogens is 2. The van der Waals surface area contributed by atoms with Crippen LogP contribution >= 0.6 is 27.5 Å². The van der Waals surface area contributed by atoms with E-state index in [1.165, 1.54) is 30.6 Å². The van der Waals surface area contributed by atoms with Crippen LogP contribution in [0.3, 0.4) is 0 Å². The molecule has 0 bridgehead atoms. The first kappa shape index (κ1) is 12.3. The molecule has 0 spiro atoms. The maximum Gasteiger partial charge on any atom is 0.237 e. The molecule has 1 aromatic heterocycles. The first-order valence-corrected chi connectivity index (χ1v) is 6.01. The maximum atomic E-state index is 12.9. The van der Waals surface area contributed by atoms with Crippen molar-refractivity contribution < 1.29 is 9.13 Å². The second-order valence-electron chi connectivity index (χ2n) is 3.16. The van der Waals surface area contributed by atoms with E-state index in [9.17, 15) is 4.39 Å². The fourth-order valence-corrected chi connectivity index (χ4v) is 1.71. The van der Waals surface area contributed by atoms with Crippen molar-refractivity contribution in [2.75, 3.05) is 0 Å². The predicted octanol–water partition coefficient (Wildman–Crippen LogP) is 3.91. The van der Waals surface area contributed by atoms with Crippen LogP contribution < -0.4 is 4.74 Å². The molecular formula is C11H7BrClFN2O. The van der Waals surface area contributed by atoms with Crippen molar-refractivity contribution in [2.45, 2.75) is 5.88 Å². The van der Waals surface area contributed by atoms with Gasteiger partial charge >= 0.3 is 0 Å². The van der Waals surface area contributed by atoms with Crippen molar-refractivity contribution in [3.8, 4) is 11.6 Å². The standard InChI is InChI=1S/C11H7BrClFN2O/c12-9-3-7(14)1-2-10(9)17-11-6-15-8(4-13)5-16-11/h1-3,5-6H,4H2. The van der Waals surface area contributed by atoms with Crippen LogP contribution in [0.4, 0.5) is 4.39 Å². The summed E-state index contributed by atoms with van der Waals surface area (Å²) in [5.74, 6) is 0.756. The number of halogens is 3. The monoisotopic (exact) mass is 316 g/mol. The molecule has 17 heavy (non-hydrogen) atoms. The summed E-state index contributed by atoms with van der Waals surface area (Å²) in [6.45, 7) is 0. The summed E-state index contributed by atoms with van der Waals surface area (Å²) in [5, 5.41) is 0. The minimum Gasteiger partial charge on any atom is -0.436 e. The molecule has 0 aliphatic heterocycles. The molecule has 88 valence electrons. The molecule has 0 N–H and O–H groups in total. The van der Waals surface area contributed by atoms with Crippen LogP contribution in [0, 0.1) is 5.82 Å². The third kappa shape index (κ3) is 3.14. The van der Waals surface area contributed by atoms with Gasteiger partial charge in [-0.25, -0.2) is 9.37 Å². The Labute approximate surface area is 111 Å². The van der Waals surface area contributed by atoms with Crippen LogP contribution in [0.1, 0.15) is 5.69 Å². The van der Waals surface area contributed by atoms with E-state index in [2.05, 4.69) is 25.9 Å². The Morgan fingerprint density at radius 2 is 2.12 bits per heavy atom. The Kier molecular flexibility index (Phi) is 3.91. The summed E-state index contributed by atoms with van der Waals surface area (Å²) in [7, 11) is 0. The second kappa shape index (κ2) is 5.42. The van der Waals surface area contributed by atoms with E-state index in [1.807, 2.05) is 0 Å². The highest BCUT2D eigenvalue weighted by atomic mass is 79.9. The zero-order valence-electron chi connectivity index (χ0n) is 8.53. The second-order valence-corrected chi connectivity index (χ2v) is 4.28. The van der Waals surface area contributed by atoms with Crippen molar-refractivity contribution >= 4 is 27.5 Å². The van der Waals surface area contributed by atoms with Gasteiger partial charge in [0.15, 0.2) is 0 Å². The number of ether oxygens (including phenoxy) is 1. The number of benzene rings is 1. The number of hydrogen-bond donors (Lipinski definition) is 0. The van der Waals surface area contributed by atoms with Gasteiger partial charge in [0.2, 0.25) is 5.88 Å². The first-order valence-electron chi connectivity index (χ1n) is 4.69. The van der Waals surface area contributed by atoms with E-state index in [4.69, 9.17) is 16.3 Å². The third-order valence-corrected chi connectivity index (χ3v) is 2.82. The first-order chi connectivity index (χ1) is 8.19. The molecule has 0 saturated heterocycles. The van der Waals surface area contributed by atoms with Crippen molar-refractivity contribution in [1.29, 1.82) is 0 Å². The summed E-state index contributed by atoms with van der Waals surface area (Å²) in [6.07, 6.45) is 2.99. The van der Waals surface area contributed by atoms with Gasteiger partial charge in [0, 0.05) is 0 Å². The SMILES string of the molecule is Fc1ccc(Oc2cnc(CCl)cn2)c(Br)c1. The van der Waals surface area contributed by atoms with E-state index < -0.39 is 0 Å². The van der Waals surface area contributed by atoms with Gasteiger partial charge in [-0.2, -0.15) is 0 Å². The molecule has 2 aromatic rings. The Morgan fingerprint density at radius 3 is 2.71 bits per heavy atom. The van der Waals surface area contributed by atoms with E-state index in [1.54, 1.807) is 0 Å². The predicted molar refractivity (Wildman–Crippen MR) is 65.8 cm³/mol. The van der Waals surface area contributed by atoms with Crippen molar-refractivity contribution in [2.24, 2.45) is 0 Å². The average molecular weight is 318 g/mol. The van der Waals surface area contributed by atoms with Gasteiger partial charge in [-0.1, -0.05) is 0 Å². The molecule has 0 fully saturated rings. The molecule has 0 aliphatic carbocycles. The van der Waals surface area contributed by atoms with Crippen LogP contribution in [0.15, 0.2) is 35.1 Å². The van der Waals surface area contributed by atoms with Crippen molar-refractivity contribution in [3.05, 3.63) is 46.6 Å². The highest BCUT2D eigenvalue weighted by molar-refractivity contribution is 9.10. The zero-order valence-corrected chi connectivity index (χ0v) is 10.9. The molecule has 2 rings (SSSR count). The molecule has 3 nitrogen and oxygen atoms in total. The molecule has 6 heteroatoms. The number of rotatable bonds is 3. The highest BCUT2D eigenvalue weighted by Gasteiger charge is 2.05. The maximum absolute atomic E-state index is 12.9. The zero-order chi connectivity index (χ0) is 12.3. The number of nitrogens with zero attached hydrogens (tertiary/aromatic N) is 2. The van der Waals surface area contributed by atoms with Gasteiger partial charge < -0.3 is 4.74 Å². The van der Waals surface area contributed by atoms with Crippen LogP contribution in [0.2, 0.25) is 0 Å². The minimum atomic E-state index is -0.340. The fraction of sp³-hybridized carbons (Fsp3) is 0.0909. The van der Waals surface area contributed by atoms with Crippen LogP contribution in [-0.2, 0) is 5.88 Å². The molecular weight excluding hydrogens is 310 g/mol. The quantitative estimate of drug-likeness (QED) is 0.805. The molecule has 0 amide bonds. The van der Waals surface area contributed by atoms with Crippen LogP contribution in [0.25, 0.3) is 0 Å². The topological polar surface area (TPSA) is 35.0 Å². The Morgan fingerprint density at radius 1 is 1.29 bits per heavy atom. The lowest BCUT2D eigenvalue weighted by molar-refractivity contribution is 0.455. The molecule has 1 heterocycles. The minimum absolute atomic E-state index is 0.299. The third-order valence-electron chi connectivity index (χ3n) is 1.93. The summed E-state index contributed by atoms with van der Waals surface area (Å²) < 4.78 is 18.8. The van der Waals surface area contributed by atoms with Gasteiger partial charge in [-0.05, 0) is 34.1 Å². The summed E-state index contributed by atoms with van der Waals surface area (Å²) >= 11 is 8.79. The van der Waals surface area contributed by atoms with Crippen LogP contribution in [-0.4, -0.2) is 9.97 Å². The average Bonchev–Trinajstić information content (AvgIpc) is 2.34. The van der Waals surface area contributed by atoms with E-state index in [-0.39, 0.29) is 5.82 Å². The smallest absolute Gasteiger partial charge is 0.237 e. The van der Waals surface area contributed by atoms with E-state index in [0.29, 0.717) is 27.7 Å². The molecule has 0 radical (unpaired) electrons. The van der Waals surface area contributed by atoms with Crippen molar-refractivity contribution in [3.63, 3.8) is 0 Å². The number of hydrogen-bond acceptors (Lipinski definition) is 3. The Hall–Kier alpha value is -1.20. The molecule has 0 aliphatic rings. The molecule has 0 atom stereocenters. The highest BCUT2D eigenvalue weighted by Crippen LogP contribution is 2.28. The summed E-state index contributed by atoms with van der Waals surface area (Å²) in [6, 6.07) is 4.13. The fourth-order valence-electron chi connectivity index (χ4n) is 1.14. The lowest BCUT2D eigenvalue weighted by Crippen LogP contribution is -1.93. The summed E-state index contributed by atoms with van der Waals surface area (Å²) in [4.78, 5) is 8.06. The Balaban J connectivity index is 2.19. The Bertz CT molecular complexity index is 521. The van der Waals surface area contributed by atoms with Crippen LogP contribution in [0.5, 0.6) is 11.6 Å². The molecule has 0 saturated carbocycles. The lowest BCUT2D eigenvalue weighted by Gasteiger charge is -2.06. The number of alkyl halides is 1. The van der Waals surface area contributed by atoms with Gasteiger partial charge in [0.1, 0.15) is 11.6 Å². The lowest BCUT2D eigenvalue weighted by atomic mass is 10.3. The normalized spacial score (nSPS) is 10.3. The molecule has 0 unspecified atom stereocenters. The summed E-state index contributed by atoms with van der Waals surface area (Å²) in [5.41, 5.74) is 0.664. The van der Waals surface area contributed by atoms with Crippen molar-refractivity contribution in [1.82, 2.24) is 9.97 Å². The van der Waals surface area contributed by atoms with Gasteiger partial charge in [0.25, 0.3) is 0 Å². The van der Waals surface area contributed by atoms with Gasteiger partial charge in [0.05, 0.1) is 28.4 Å². The largest absolute Gasteiger partial charge is 0.436 e.